The lowest BCUT2D eigenvalue weighted by atomic mass is 10.1. The minimum absolute atomic E-state index is 0. The van der Waals surface area contributed by atoms with Gasteiger partial charge >= 0.3 is 0 Å². The third-order valence-corrected chi connectivity index (χ3v) is 4.14. The van der Waals surface area contributed by atoms with E-state index in [0.29, 0.717) is 13.0 Å². The summed E-state index contributed by atoms with van der Waals surface area (Å²) >= 11 is 3.44. The number of ether oxygens (including phenoxy) is 1. The molecular weight excluding hydrogens is 392 g/mol. The highest BCUT2D eigenvalue weighted by Gasteiger charge is 2.19. The molecule has 2 aromatic carbocycles. The molecule has 0 heterocycles. The van der Waals surface area contributed by atoms with E-state index in [0.717, 1.165) is 21.3 Å². The summed E-state index contributed by atoms with van der Waals surface area (Å²) in [4.78, 5) is 14.1. The quantitative estimate of drug-likeness (QED) is 0.789. The lowest BCUT2D eigenvalue weighted by molar-refractivity contribution is -0.131. The molecule has 0 radical (unpaired) electrons. The second-order valence-electron chi connectivity index (χ2n) is 5.45. The van der Waals surface area contributed by atoms with Gasteiger partial charge in [-0.3, -0.25) is 4.79 Å². The number of benzene rings is 2. The van der Waals surface area contributed by atoms with E-state index in [9.17, 15) is 4.79 Å². The molecule has 0 bridgehead atoms. The zero-order valence-corrected chi connectivity index (χ0v) is 16.1. The lowest BCUT2D eigenvalue weighted by Crippen LogP contribution is -2.42. The summed E-state index contributed by atoms with van der Waals surface area (Å²) in [6.07, 6.45) is 0.527. The van der Waals surface area contributed by atoms with Crippen molar-refractivity contribution in [1.29, 1.82) is 0 Å². The Morgan fingerprint density at radius 1 is 1.25 bits per heavy atom. The number of carbonyl (C=O) groups excluding carboxylic acids is 1. The van der Waals surface area contributed by atoms with Crippen LogP contribution in [0.25, 0.3) is 0 Å². The normalized spacial score (nSPS) is 11.3. The maximum atomic E-state index is 12.5. The van der Waals surface area contributed by atoms with Gasteiger partial charge in [-0.25, -0.2) is 0 Å². The molecule has 0 unspecified atom stereocenters. The molecular formula is C18H22BrClN2O2. The maximum Gasteiger partial charge on any atom is 0.239 e. The van der Waals surface area contributed by atoms with Gasteiger partial charge in [0.05, 0.1) is 13.2 Å². The SMILES string of the molecule is COc1ccc(Br)cc1CN(C)C(=O)[C@@H](N)Cc1ccccc1.Cl. The average molecular weight is 414 g/mol. The average Bonchev–Trinajstić information content (AvgIpc) is 2.55. The first-order valence-corrected chi connectivity index (χ1v) is 8.17. The lowest BCUT2D eigenvalue weighted by Gasteiger charge is -2.22. The van der Waals surface area contributed by atoms with Crippen LogP contribution in [0.4, 0.5) is 0 Å². The van der Waals surface area contributed by atoms with Gasteiger partial charge in [-0.05, 0) is 30.2 Å². The first-order chi connectivity index (χ1) is 11.0. The topological polar surface area (TPSA) is 55.6 Å². The van der Waals surface area contributed by atoms with E-state index in [1.165, 1.54) is 0 Å². The molecule has 0 saturated heterocycles. The fourth-order valence-corrected chi connectivity index (χ4v) is 2.85. The van der Waals surface area contributed by atoms with Gasteiger partial charge < -0.3 is 15.4 Å². The number of halogens is 2. The number of amides is 1. The molecule has 6 heteroatoms. The molecule has 0 spiro atoms. The van der Waals surface area contributed by atoms with Crippen LogP contribution in [0.1, 0.15) is 11.1 Å². The summed E-state index contributed by atoms with van der Waals surface area (Å²) in [5, 5.41) is 0. The van der Waals surface area contributed by atoms with Crippen LogP contribution in [0.5, 0.6) is 5.75 Å². The second-order valence-corrected chi connectivity index (χ2v) is 6.36. The Labute approximate surface area is 157 Å². The van der Waals surface area contributed by atoms with Gasteiger partial charge in [-0.2, -0.15) is 0 Å². The molecule has 0 fully saturated rings. The number of likely N-dealkylation sites (N-methyl/N-ethyl adjacent to an activating group) is 1. The number of hydrogen-bond acceptors (Lipinski definition) is 3. The zero-order valence-electron chi connectivity index (χ0n) is 13.7. The van der Waals surface area contributed by atoms with E-state index in [2.05, 4.69) is 15.9 Å². The first kappa shape index (κ1) is 20.5. The summed E-state index contributed by atoms with van der Waals surface area (Å²) in [6, 6.07) is 15.0. The Morgan fingerprint density at radius 3 is 2.54 bits per heavy atom. The summed E-state index contributed by atoms with van der Waals surface area (Å²) < 4.78 is 6.29. The Bertz CT molecular complexity index is 667. The largest absolute Gasteiger partial charge is 0.496 e. The van der Waals surface area contributed by atoms with Crippen molar-refractivity contribution >= 4 is 34.2 Å². The fraction of sp³-hybridized carbons (Fsp3) is 0.278. The van der Waals surface area contributed by atoms with Crippen molar-refractivity contribution < 1.29 is 9.53 Å². The maximum absolute atomic E-state index is 12.5. The van der Waals surface area contributed by atoms with E-state index >= 15 is 0 Å². The summed E-state index contributed by atoms with van der Waals surface area (Å²) in [6.45, 7) is 0.448. The molecule has 1 atom stereocenters. The molecule has 1 amide bonds. The third-order valence-electron chi connectivity index (χ3n) is 3.64. The molecule has 0 aliphatic heterocycles. The van der Waals surface area contributed by atoms with Gasteiger partial charge in [-0.15, -0.1) is 12.4 Å². The fourth-order valence-electron chi connectivity index (χ4n) is 2.44. The van der Waals surface area contributed by atoms with Gasteiger partial charge in [-0.1, -0.05) is 46.3 Å². The van der Waals surface area contributed by atoms with Crippen molar-refractivity contribution in [3.8, 4) is 5.75 Å². The Balaban J connectivity index is 0.00000288. The highest BCUT2D eigenvalue weighted by molar-refractivity contribution is 9.10. The van der Waals surface area contributed by atoms with Gasteiger partial charge in [0.1, 0.15) is 5.75 Å². The predicted octanol–water partition coefficient (Wildman–Crippen LogP) is 3.41. The number of carbonyl (C=O) groups is 1. The molecule has 130 valence electrons. The summed E-state index contributed by atoms with van der Waals surface area (Å²) in [7, 11) is 3.38. The van der Waals surface area contributed by atoms with E-state index in [1.807, 2.05) is 48.5 Å². The highest BCUT2D eigenvalue weighted by atomic mass is 79.9. The van der Waals surface area contributed by atoms with Crippen LogP contribution in [0.2, 0.25) is 0 Å². The van der Waals surface area contributed by atoms with Crippen LogP contribution in [-0.4, -0.2) is 31.0 Å². The molecule has 2 rings (SSSR count). The Morgan fingerprint density at radius 2 is 1.92 bits per heavy atom. The minimum atomic E-state index is -0.555. The Hall–Kier alpha value is -1.56. The van der Waals surface area contributed by atoms with Crippen molar-refractivity contribution in [2.45, 2.75) is 19.0 Å². The standard InChI is InChI=1S/C18H21BrN2O2.ClH/c1-21(12-14-11-15(19)8-9-17(14)23-2)18(22)16(20)10-13-6-4-3-5-7-13;/h3-9,11,16H,10,12,20H2,1-2H3;1H/t16-;/m0./s1. The third kappa shape index (κ3) is 5.51. The zero-order chi connectivity index (χ0) is 16.8. The number of nitrogens with zero attached hydrogens (tertiary/aromatic N) is 1. The van der Waals surface area contributed by atoms with Crippen molar-refractivity contribution in [2.24, 2.45) is 5.73 Å². The van der Waals surface area contributed by atoms with Crippen LogP contribution in [0.3, 0.4) is 0 Å². The number of nitrogens with two attached hydrogens (primary N) is 1. The molecule has 0 aromatic heterocycles. The van der Waals surface area contributed by atoms with Gasteiger partial charge in [0, 0.05) is 23.6 Å². The van der Waals surface area contributed by atoms with Crippen LogP contribution in [0, 0.1) is 0 Å². The number of methoxy groups -OCH3 is 1. The van der Waals surface area contributed by atoms with E-state index in [-0.39, 0.29) is 18.3 Å². The highest BCUT2D eigenvalue weighted by Crippen LogP contribution is 2.24. The Kier molecular flexibility index (Phi) is 8.25. The van der Waals surface area contributed by atoms with Crippen molar-refractivity contribution in [3.05, 3.63) is 64.1 Å². The molecule has 0 aliphatic carbocycles. The second kappa shape index (κ2) is 9.67. The molecule has 4 nitrogen and oxygen atoms in total. The van der Waals surface area contributed by atoms with Crippen molar-refractivity contribution in [2.75, 3.05) is 14.2 Å². The van der Waals surface area contributed by atoms with E-state index < -0.39 is 6.04 Å². The number of rotatable bonds is 6. The summed E-state index contributed by atoms with van der Waals surface area (Å²) in [5.41, 5.74) is 8.06. The van der Waals surface area contributed by atoms with Crippen molar-refractivity contribution in [3.63, 3.8) is 0 Å². The van der Waals surface area contributed by atoms with E-state index in [1.54, 1.807) is 19.1 Å². The van der Waals surface area contributed by atoms with Gasteiger partial charge in [0.2, 0.25) is 5.91 Å². The molecule has 24 heavy (non-hydrogen) atoms. The van der Waals surface area contributed by atoms with Crippen LogP contribution >= 0.6 is 28.3 Å². The van der Waals surface area contributed by atoms with Gasteiger partial charge in [0.25, 0.3) is 0 Å². The molecule has 0 aliphatic rings. The number of hydrogen-bond donors (Lipinski definition) is 1. The molecule has 0 saturated carbocycles. The van der Waals surface area contributed by atoms with Gasteiger partial charge in [0.15, 0.2) is 0 Å². The van der Waals surface area contributed by atoms with Crippen LogP contribution in [0.15, 0.2) is 53.0 Å². The minimum Gasteiger partial charge on any atom is -0.496 e. The monoisotopic (exact) mass is 412 g/mol. The van der Waals surface area contributed by atoms with E-state index in [4.69, 9.17) is 10.5 Å². The molecule has 2 aromatic rings. The first-order valence-electron chi connectivity index (χ1n) is 7.38. The predicted molar refractivity (Wildman–Crippen MR) is 103 cm³/mol. The smallest absolute Gasteiger partial charge is 0.239 e. The molecule has 2 N–H and O–H groups in total. The van der Waals surface area contributed by atoms with Crippen molar-refractivity contribution in [1.82, 2.24) is 4.90 Å². The summed E-state index contributed by atoms with van der Waals surface area (Å²) in [5.74, 6) is 0.667. The van der Waals surface area contributed by atoms with Crippen LogP contribution in [-0.2, 0) is 17.8 Å². The van der Waals surface area contributed by atoms with Crippen LogP contribution < -0.4 is 10.5 Å².